The van der Waals surface area contributed by atoms with E-state index in [2.05, 4.69) is 33.1 Å². The number of carbonyl (C=O) groups is 1. The highest BCUT2D eigenvalue weighted by Gasteiger charge is 2.22. The number of halogens is 1. The predicted octanol–water partition coefficient (Wildman–Crippen LogP) is 2.77. The molecule has 2 aromatic rings. The van der Waals surface area contributed by atoms with E-state index in [4.69, 9.17) is 5.84 Å². The first-order valence-electron chi connectivity index (χ1n) is 7.92. The Balaban J connectivity index is 1.66. The lowest BCUT2D eigenvalue weighted by molar-refractivity contribution is -0.130. The molecule has 1 aromatic carbocycles. The summed E-state index contributed by atoms with van der Waals surface area (Å²) < 4.78 is 2.34. The lowest BCUT2D eigenvalue weighted by Gasteiger charge is -2.30. The van der Waals surface area contributed by atoms with Crippen LogP contribution in [0.2, 0.25) is 0 Å². The summed E-state index contributed by atoms with van der Waals surface area (Å²) in [5.41, 5.74) is 0.871. The van der Waals surface area contributed by atoms with Crippen molar-refractivity contribution in [2.75, 3.05) is 24.7 Å². The Hall–Kier alpha value is -1.54. The Kier molecular flexibility index (Phi) is 5.45. The Bertz CT molecular complexity index is 735. The maximum atomic E-state index is 12.4. The second-order valence-corrected chi connectivity index (χ2v) is 7.83. The van der Waals surface area contributed by atoms with Crippen molar-refractivity contribution in [1.82, 2.24) is 19.8 Å². The normalized spacial score (nSPS) is 17.9. The zero-order valence-corrected chi connectivity index (χ0v) is 15.9. The van der Waals surface area contributed by atoms with Crippen LogP contribution in [-0.4, -0.2) is 44.5 Å². The quantitative estimate of drug-likeness (QED) is 0.620. The minimum absolute atomic E-state index is 0.136. The average Bonchev–Trinajstić information content (AvgIpc) is 2.94. The van der Waals surface area contributed by atoms with Crippen molar-refractivity contribution in [1.29, 1.82) is 0 Å². The third kappa shape index (κ3) is 3.75. The summed E-state index contributed by atoms with van der Waals surface area (Å²) in [6.45, 7) is 3.88. The van der Waals surface area contributed by atoms with Crippen LogP contribution in [0.4, 0.5) is 0 Å². The van der Waals surface area contributed by atoms with Gasteiger partial charge in [0.15, 0.2) is 5.82 Å². The highest BCUT2D eigenvalue weighted by Crippen LogP contribution is 2.28. The molecule has 6 nitrogen and oxygen atoms in total. The minimum atomic E-state index is 0.136. The molecule has 0 saturated carbocycles. The van der Waals surface area contributed by atoms with Gasteiger partial charge in [0.05, 0.1) is 5.75 Å². The molecule has 8 heteroatoms. The fourth-order valence-corrected chi connectivity index (χ4v) is 4.06. The SMILES string of the molecule is C[C@@H]1CCCN(C(=O)CSc2nnc(-c3ccccc3Br)n2N)C1. The highest BCUT2D eigenvalue weighted by molar-refractivity contribution is 9.10. The number of rotatable bonds is 4. The van der Waals surface area contributed by atoms with Gasteiger partial charge in [-0.3, -0.25) is 4.79 Å². The first-order valence-corrected chi connectivity index (χ1v) is 9.70. The smallest absolute Gasteiger partial charge is 0.233 e. The maximum absolute atomic E-state index is 12.4. The monoisotopic (exact) mass is 409 g/mol. The van der Waals surface area contributed by atoms with E-state index in [0.717, 1.165) is 29.5 Å². The molecule has 1 aromatic heterocycles. The molecule has 1 atom stereocenters. The average molecular weight is 410 g/mol. The van der Waals surface area contributed by atoms with Crippen LogP contribution in [0.25, 0.3) is 11.4 Å². The van der Waals surface area contributed by atoms with Crippen molar-refractivity contribution in [3.8, 4) is 11.4 Å². The van der Waals surface area contributed by atoms with E-state index >= 15 is 0 Å². The summed E-state index contributed by atoms with van der Waals surface area (Å²) >= 11 is 4.82. The number of amides is 1. The number of nitrogens with two attached hydrogens (primary N) is 1. The summed E-state index contributed by atoms with van der Waals surface area (Å²) in [5.74, 6) is 7.73. The molecule has 0 bridgehead atoms. The van der Waals surface area contributed by atoms with Crippen LogP contribution in [-0.2, 0) is 4.79 Å². The maximum Gasteiger partial charge on any atom is 0.233 e. The standard InChI is InChI=1S/C16H20BrN5OS/c1-11-5-4-8-21(9-11)14(23)10-24-16-20-19-15(22(16)18)12-6-2-3-7-13(12)17/h2-3,6-7,11H,4-5,8-10,18H2,1H3/t11-/m1/s1. The molecule has 1 saturated heterocycles. The largest absolute Gasteiger partial charge is 0.342 e. The van der Waals surface area contributed by atoms with E-state index in [1.54, 1.807) is 0 Å². The van der Waals surface area contributed by atoms with Crippen molar-refractivity contribution >= 4 is 33.6 Å². The number of carbonyl (C=O) groups excluding carboxylic acids is 1. The topological polar surface area (TPSA) is 77.0 Å². The molecule has 0 aliphatic carbocycles. The number of thioether (sulfide) groups is 1. The predicted molar refractivity (Wildman–Crippen MR) is 99.0 cm³/mol. The molecule has 24 heavy (non-hydrogen) atoms. The molecule has 2 heterocycles. The molecule has 0 radical (unpaired) electrons. The number of nitrogens with zero attached hydrogens (tertiary/aromatic N) is 4. The summed E-state index contributed by atoms with van der Waals surface area (Å²) in [6.07, 6.45) is 2.28. The number of piperidine rings is 1. The van der Waals surface area contributed by atoms with Crippen LogP contribution < -0.4 is 5.84 Å². The van der Waals surface area contributed by atoms with Crippen molar-refractivity contribution in [2.45, 2.75) is 24.9 Å². The fraction of sp³-hybridized carbons (Fsp3) is 0.438. The van der Waals surface area contributed by atoms with Crippen molar-refractivity contribution < 1.29 is 4.79 Å². The molecular formula is C16H20BrN5OS. The number of nitrogen functional groups attached to an aromatic ring is 1. The van der Waals surface area contributed by atoms with Crippen LogP contribution in [0.15, 0.2) is 33.9 Å². The van der Waals surface area contributed by atoms with Crippen LogP contribution in [0.1, 0.15) is 19.8 Å². The summed E-state index contributed by atoms with van der Waals surface area (Å²) in [6, 6.07) is 7.70. The summed E-state index contributed by atoms with van der Waals surface area (Å²) in [5, 5.41) is 8.83. The van der Waals surface area contributed by atoms with Gasteiger partial charge in [-0.25, -0.2) is 4.68 Å². The Morgan fingerprint density at radius 1 is 1.42 bits per heavy atom. The van der Waals surface area contributed by atoms with Gasteiger partial charge in [0, 0.05) is 23.1 Å². The second-order valence-electron chi connectivity index (χ2n) is 6.03. The number of hydrogen-bond acceptors (Lipinski definition) is 5. The lowest BCUT2D eigenvalue weighted by Crippen LogP contribution is -2.40. The first-order chi connectivity index (χ1) is 11.6. The van der Waals surface area contributed by atoms with Gasteiger partial charge in [-0.2, -0.15) is 0 Å². The summed E-state index contributed by atoms with van der Waals surface area (Å²) in [4.78, 5) is 14.3. The molecule has 1 fully saturated rings. The van der Waals surface area contributed by atoms with Gasteiger partial charge in [0.2, 0.25) is 11.1 Å². The fourth-order valence-electron chi connectivity index (χ4n) is 2.84. The third-order valence-corrected chi connectivity index (χ3v) is 5.73. The number of benzene rings is 1. The second kappa shape index (κ2) is 7.57. The van der Waals surface area contributed by atoms with E-state index in [0.29, 0.717) is 22.7 Å². The molecule has 0 spiro atoms. The van der Waals surface area contributed by atoms with Crippen LogP contribution in [0, 0.1) is 5.92 Å². The van der Waals surface area contributed by atoms with Gasteiger partial charge < -0.3 is 10.7 Å². The molecule has 128 valence electrons. The molecule has 3 rings (SSSR count). The highest BCUT2D eigenvalue weighted by atomic mass is 79.9. The van der Waals surface area contributed by atoms with Crippen molar-refractivity contribution in [2.24, 2.45) is 5.92 Å². The Labute approximate surface area is 153 Å². The van der Waals surface area contributed by atoms with E-state index in [1.807, 2.05) is 29.2 Å². The van der Waals surface area contributed by atoms with Gasteiger partial charge in [0.25, 0.3) is 0 Å². The molecule has 0 unspecified atom stereocenters. The number of aromatic nitrogens is 3. The van der Waals surface area contributed by atoms with Crippen LogP contribution in [0.3, 0.4) is 0 Å². The van der Waals surface area contributed by atoms with Gasteiger partial charge in [-0.1, -0.05) is 46.7 Å². The molecule has 2 N–H and O–H groups in total. The zero-order chi connectivity index (χ0) is 17.1. The van der Waals surface area contributed by atoms with E-state index < -0.39 is 0 Å². The Morgan fingerprint density at radius 2 is 2.21 bits per heavy atom. The lowest BCUT2D eigenvalue weighted by atomic mass is 10.0. The third-order valence-electron chi connectivity index (χ3n) is 4.11. The molecular weight excluding hydrogens is 390 g/mol. The van der Waals surface area contributed by atoms with Crippen LogP contribution >= 0.6 is 27.7 Å². The molecule has 1 aliphatic heterocycles. The molecule has 1 aliphatic rings. The van der Waals surface area contributed by atoms with Crippen molar-refractivity contribution in [3.63, 3.8) is 0 Å². The van der Waals surface area contributed by atoms with E-state index in [1.165, 1.54) is 22.9 Å². The van der Waals surface area contributed by atoms with Crippen molar-refractivity contribution in [3.05, 3.63) is 28.7 Å². The Morgan fingerprint density at radius 3 is 2.96 bits per heavy atom. The zero-order valence-electron chi connectivity index (χ0n) is 13.5. The first kappa shape index (κ1) is 17.3. The summed E-state index contributed by atoms with van der Waals surface area (Å²) in [7, 11) is 0. The van der Waals surface area contributed by atoms with Gasteiger partial charge >= 0.3 is 0 Å². The number of hydrogen-bond donors (Lipinski definition) is 1. The van der Waals surface area contributed by atoms with Crippen LogP contribution in [0.5, 0.6) is 0 Å². The molecule has 1 amide bonds. The van der Waals surface area contributed by atoms with Gasteiger partial charge in [-0.15, -0.1) is 10.2 Å². The number of likely N-dealkylation sites (tertiary alicyclic amines) is 1. The van der Waals surface area contributed by atoms with Gasteiger partial charge in [-0.05, 0) is 30.9 Å². The van der Waals surface area contributed by atoms with E-state index in [-0.39, 0.29) is 5.91 Å². The minimum Gasteiger partial charge on any atom is -0.342 e. The van der Waals surface area contributed by atoms with E-state index in [9.17, 15) is 4.79 Å². The van der Waals surface area contributed by atoms with Gasteiger partial charge in [0.1, 0.15) is 0 Å².